The second kappa shape index (κ2) is 11.3. The number of rotatable bonds is 6. The van der Waals surface area contributed by atoms with Gasteiger partial charge in [0, 0.05) is 39.8 Å². The number of hydrogen-bond acceptors (Lipinski definition) is 3. The van der Waals surface area contributed by atoms with E-state index in [0.717, 1.165) is 19.6 Å². The fourth-order valence-electron chi connectivity index (χ4n) is 2.34. The van der Waals surface area contributed by atoms with Crippen molar-refractivity contribution in [3.8, 4) is 0 Å². The molecule has 0 aromatic rings. The lowest BCUT2D eigenvalue weighted by molar-refractivity contribution is -0.132. The van der Waals surface area contributed by atoms with E-state index in [1.165, 1.54) is 7.05 Å². The lowest BCUT2D eigenvalue weighted by Gasteiger charge is -2.34. The molecule has 0 amide bonds. The van der Waals surface area contributed by atoms with Crippen molar-refractivity contribution >= 4 is 29.9 Å². The highest BCUT2D eigenvalue weighted by atomic mass is 127. The summed E-state index contributed by atoms with van der Waals surface area (Å²) in [6, 6.07) is 0. The molecule has 1 rings (SSSR count). The van der Waals surface area contributed by atoms with Crippen molar-refractivity contribution in [3.05, 3.63) is 0 Å². The summed E-state index contributed by atoms with van der Waals surface area (Å²) in [6.07, 6.45) is -5.01. The molecular weight excluding hydrogens is 424 g/mol. The average molecular weight is 452 g/mol. The van der Waals surface area contributed by atoms with Crippen LogP contribution >= 0.6 is 24.0 Å². The van der Waals surface area contributed by atoms with E-state index in [0.29, 0.717) is 25.0 Å². The van der Waals surface area contributed by atoms with Crippen molar-refractivity contribution < 1.29 is 17.9 Å². The molecule has 2 N–H and O–H groups in total. The average Bonchev–Trinajstić information content (AvgIpc) is 2.41. The quantitative estimate of drug-likeness (QED) is 0.368. The SMILES string of the molecule is CN=C(NCCC(F)(F)F)NCC1CN(CC(C)C)CCO1.I. The van der Waals surface area contributed by atoms with Gasteiger partial charge in [-0.1, -0.05) is 13.8 Å². The fourth-order valence-corrected chi connectivity index (χ4v) is 2.34. The van der Waals surface area contributed by atoms with Crippen LogP contribution in [0.25, 0.3) is 0 Å². The molecule has 0 aliphatic carbocycles. The second-order valence-corrected chi connectivity index (χ2v) is 5.89. The van der Waals surface area contributed by atoms with Gasteiger partial charge in [-0.2, -0.15) is 13.2 Å². The molecule has 0 aromatic heterocycles. The molecule has 1 saturated heterocycles. The Morgan fingerprint density at radius 1 is 1.35 bits per heavy atom. The molecule has 5 nitrogen and oxygen atoms in total. The van der Waals surface area contributed by atoms with E-state index in [9.17, 15) is 13.2 Å². The first kappa shape index (κ1) is 22.7. The Hall–Kier alpha value is -0.290. The third-order valence-corrected chi connectivity index (χ3v) is 3.27. The van der Waals surface area contributed by atoms with Gasteiger partial charge in [0.2, 0.25) is 0 Å². The Kier molecular flexibility index (Phi) is 11.2. The first-order chi connectivity index (χ1) is 10.3. The summed E-state index contributed by atoms with van der Waals surface area (Å²) < 4.78 is 42.0. The van der Waals surface area contributed by atoms with Gasteiger partial charge in [-0.15, -0.1) is 24.0 Å². The normalized spacial score (nSPS) is 20.3. The van der Waals surface area contributed by atoms with Crippen LogP contribution in [0.2, 0.25) is 0 Å². The van der Waals surface area contributed by atoms with Crippen molar-refractivity contribution in [2.24, 2.45) is 10.9 Å². The Labute approximate surface area is 153 Å². The zero-order chi connectivity index (χ0) is 16.6. The second-order valence-electron chi connectivity index (χ2n) is 5.89. The van der Waals surface area contributed by atoms with Gasteiger partial charge < -0.3 is 15.4 Å². The lowest BCUT2D eigenvalue weighted by atomic mass is 10.2. The predicted octanol–water partition coefficient (Wildman–Crippen LogP) is 2.08. The molecule has 138 valence electrons. The van der Waals surface area contributed by atoms with Crippen LogP contribution in [0.3, 0.4) is 0 Å². The number of guanidine groups is 1. The van der Waals surface area contributed by atoms with E-state index in [1.54, 1.807) is 0 Å². The van der Waals surface area contributed by atoms with Crippen molar-refractivity contribution in [2.45, 2.75) is 32.5 Å². The highest BCUT2D eigenvalue weighted by Gasteiger charge is 2.26. The molecule has 1 aliphatic heterocycles. The van der Waals surface area contributed by atoms with Crippen LogP contribution < -0.4 is 10.6 Å². The zero-order valence-corrected chi connectivity index (χ0v) is 16.3. The Morgan fingerprint density at radius 3 is 2.61 bits per heavy atom. The number of alkyl halides is 3. The molecule has 1 aliphatic rings. The number of morpholine rings is 1. The van der Waals surface area contributed by atoms with Crippen molar-refractivity contribution in [1.29, 1.82) is 0 Å². The van der Waals surface area contributed by atoms with Crippen LogP contribution in [-0.4, -0.2) is 69.5 Å². The molecule has 0 bridgehead atoms. The van der Waals surface area contributed by atoms with Gasteiger partial charge >= 0.3 is 6.18 Å². The smallest absolute Gasteiger partial charge is 0.374 e. The molecule has 23 heavy (non-hydrogen) atoms. The minimum atomic E-state index is -4.16. The van der Waals surface area contributed by atoms with Gasteiger partial charge in [0.05, 0.1) is 19.1 Å². The summed E-state index contributed by atoms with van der Waals surface area (Å²) >= 11 is 0. The van der Waals surface area contributed by atoms with Crippen LogP contribution in [0, 0.1) is 5.92 Å². The maximum absolute atomic E-state index is 12.1. The summed E-state index contributed by atoms with van der Waals surface area (Å²) in [5, 5.41) is 5.68. The van der Waals surface area contributed by atoms with Crippen LogP contribution in [0.4, 0.5) is 13.2 Å². The van der Waals surface area contributed by atoms with Crippen molar-refractivity contribution in [2.75, 3.05) is 46.4 Å². The number of aliphatic imine (C=N–C) groups is 1. The molecular formula is C14H28F3IN4O. The molecule has 9 heteroatoms. The number of nitrogens with one attached hydrogen (secondary N) is 2. The number of hydrogen-bond donors (Lipinski definition) is 2. The Bertz CT molecular complexity index is 353. The van der Waals surface area contributed by atoms with E-state index in [4.69, 9.17) is 4.74 Å². The van der Waals surface area contributed by atoms with Crippen LogP contribution in [0.1, 0.15) is 20.3 Å². The van der Waals surface area contributed by atoms with Gasteiger partial charge in [0.1, 0.15) is 0 Å². The van der Waals surface area contributed by atoms with E-state index in [1.807, 2.05) is 0 Å². The fraction of sp³-hybridized carbons (Fsp3) is 0.929. The standard InChI is InChI=1S/C14H27F3N4O.HI/c1-11(2)9-21-6-7-22-12(10-21)8-20-13(18-3)19-5-4-14(15,16)17;/h11-12H,4-10H2,1-3H3,(H2,18,19,20);1H. The molecule has 0 spiro atoms. The minimum Gasteiger partial charge on any atom is -0.374 e. The molecule has 0 radical (unpaired) electrons. The van der Waals surface area contributed by atoms with Crippen molar-refractivity contribution in [1.82, 2.24) is 15.5 Å². The summed E-state index contributed by atoms with van der Waals surface area (Å²) in [5.74, 6) is 0.970. The van der Waals surface area contributed by atoms with Gasteiger partial charge in [0.25, 0.3) is 0 Å². The molecule has 1 atom stereocenters. The summed E-state index contributed by atoms with van der Waals surface area (Å²) in [4.78, 5) is 6.26. The van der Waals surface area contributed by atoms with E-state index >= 15 is 0 Å². The van der Waals surface area contributed by atoms with Gasteiger partial charge in [-0.25, -0.2) is 0 Å². The highest BCUT2D eigenvalue weighted by Crippen LogP contribution is 2.18. The van der Waals surface area contributed by atoms with E-state index in [-0.39, 0.29) is 36.6 Å². The maximum Gasteiger partial charge on any atom is 0.390 e. The Morgan fingerprint density at radius 2 is 2.04 bits per heavy atom. The summed E-state index contributed by atoms with van der Waals surface area (Å²) in [7, 11) is 1.54. The van der Waals surface area contributed by atoms with Gasteiger partial charge in [-0.3, -0.25) is 9.89 Å². The summed E-state index contributed by atoms with van der Waals surface area (Å²) in [5.41, 5.74) is 0. The number of ether oxygens (including phenoxy) is 1. The Balaban J connectivity index is 0.00000484. The van der Waals surface area contributed by atoms with E-state index in [2.05, 4.69) is 34.4 Å². The highest BCUT2D eigenvalue weighted by molar-refractivity contribution is 14.0. The first-order valence-electron chi connectivity index (χ1n) is 7.65. The maximum atomic E-state index is 12.1. The van der Waals surface area contributed by atoms with Gasteiger partial charge in [-0.05, 0) is 5.92 Å². The first-order valence-corrected chi connectivity index (χ1v) is 7.65. The topological polar surface area (TPSA) is 48.9 Å². The zero-order valence-electron chi connectivity index (χ0n) is 13.9. The third kappa shape index (κ3) is 11.0. The molecule has 1 heterocycles. The molecule has 1 unspecified atom stereocenters. The predicted molar refractivity (Wildman–Crippen MR) is 96.5 cm³/mol. The van der Waals surface area contributed by atoms with Crippen LogP contribution in [0.15, 0.2) is 4.99 Å². The summed E-state index contributed by atoms with van der Waals surface area (Å²) in [6.45, 7) is 8.15. The van der Waals surface area contributed by atoms with Crippen molar-refractivity contribution in [3.63, 3.8) is 0 Å². The monoisotopic (exact) mass is 452 g/mol. The lowest BCUT2D eigenvalue weighted by Crippen LogP contribution is -2.50. The molecule has 0 saturated carbocycles. The van der Waals surface area contributed by atoms with Crippen LogP contribution in [0.5, 0.6) is 0 Å². The molecule has 1 fully saturated rings. The number of halogens is 4. The van der Waals surface area contributed by atoms with Crippen LogP contribution in [-0.2, 0) is 4.74 Å². The largest absolute Gasteiger partial charge is 0.390 e. The molecule has 0 aromatic carbocycles. The number of nitrogens with zero attached hydrogens (tertiary/aromatic N) is 2. The minimum absolute atomic E-state index is 0. The van der Waals surface area contributed by atoms with E-state index < -0.39 is 12.6 Å². The van der Waals surface area contributed by atoms with Gasteiger partial charge in [0.15, 0.2) is 5.96 Å². The third-order valence-electron chi connectivity index (χ3n) is 3.27.